The van der Waals surface area contributed by atoms with E-state index in [0.717, 1.165) is 29.9 Å². The van der Waals surface area contributed by atoms with Crippen LogP contribution in [0.15, 0.2) is 18.2 Å². The Bertz CT molecular complexity index is 453. The molecule has 0 spiro atoms. The maximum Gasteiger partial charge on any atom is 0.224 e. The van der Waals surface area contributed by atoms with Gasteiger partial charge in [0.15, 0.2) is 0 Å². The number of benzene rings is 1. The first-order chi connectivity index (χ1) is 9.72. The molecule has 0 atom stereocenters. The van der Waals surface area contributed by atoms with Crippen LogP contribution in [0.5, 0.6) is 11.5 Å². The molecule has 2 rings (SSSR count). The van der Waals surface area contributed by atoms with Gasteiger partial charge in [0.05, 0.1) is 20.6 Å². The third-order valence-corrected chi connectivity index (χ3v) is 3.81. The molecule has 1 saturated carbocycles. The van der Waals surface area contributed by atoms with E-state index < -0.39 is 0 Å². The van der Waals surface area contributed by atoms with Gasteiger partial charge in [0.2, 0.25) is 5.91 Å². The van der Waals surface area contributed by atoms with E-state index in [4.69, 9.17) is 9.47 Å². The Balaban J connectivity index is 1.98. The van der Waals surface area contributed by atoms with Crippen molar-refractivity contribution in [2.24, 2.45) is 0 Å². The Hall–Kier alpha value is -1.71. The summed E-state index contributed by atoms with van der Waals surface area (Å²) >= 11 is 0. The lowest BCUT2D eigenvalue weighted by atomic mass is 9.95. The van der Waals surface area contributed by atoms with Crippen LogP contribution < -0.4 is 14.8 Å². The van der Waals surface area contributed by atoms with Crippen LogP contribution in [-0.2, 0) is 11.2 Å². The van der Waals surface area contributed by atoms with E-state index in [1.807, 2.05) is 18.2 Å². The van der Waals surface area contributed by atoms with E-state index in [1.165, 1.54) is 19.3 Å². The van der Waals surface area contributed by atoms with E-state index in [1.54, 1.807) is 14.2 Å². The van der Waals surface area contributed by atoms with Gasteiger partial charge in [-0.15, -0.1) is 0 Å². The van der Waals surface area contributed by atoms with E-state index in [9.17, 15) is 4.79 Å². The summed E-state index contributed by atoms with van der Waals surface area (Å²) in [5.41, 5.74) is 0.861. The molecule has 4 heteroatoms. The summed E-state index contributed by atoms with van der Waals surface area (Å²) < 4.78 is 10.5. The number of carbonyl (C=O) groups excluding carboxylic acids is 1. The summed E-state index contributed by atoms with van der Waals surface area (Å²) in [6.45, 7) is 0. The topological polar surface area (TPSA) is 47.6 Å². The summed E-state index contributed by atoms with van der Waals surface area (Å²) in [7, 11) is 3.23. The highest BCUT2D eigenvalue weighted by Crippen LogP contribution is 2.24. The second kappa shape index (κ2) is 7.17. The highest BCUT2D eigenvalue weighted by Gasteiger charge is 2.17. The Morgan fingerprint density at radius 2 is 1.95 bits per heavy atom. The lowest BCUT2D eigenvalue weighted by Gasteiger charge is -2.23. The molecule has 0 aliphatic heterocycles. The van der Waals surface area contributed by atoms with E-state index in [0.29, 0.717) is 12.5 Å². The van der Waals surface area contributed by atoms with Gasteiger partial charge in [0, 0.05) is 11.6 Å². The molecule has 4 nitrogen and oxygen atoms in total. The number of amides is 1. The standard InChI is InChI=1S/C16H23NO3/c1-19-14-8-9-15(20-2)12(10-14)11-16(18)17-13-6-4-3-5-7-13/h8-10,13H,3-7,11H2,1-2H3,(H,17,18). The molecular formula is C16H23NO3. The van der Waals surface area contributed by atoms with Crippen molar-refractivity contribution in [3.05, 3.63) is 23.8 Å². The molecule has 110 valence electrons. The second-order valence-electron chi connectivity index (χ2n) is 5.26. The monoisotopic (exact) mass is 277 g/mol. The predicted molar refractivity (Wildman–Crippen MR) is 78.3 cm³/mol. The molecule has 1 N–H and O–H groups in total. The van der Waals surface area contributed by atoms with E-state index >= 15 is 0 Å². The van der Waals surface area contributed by atoms with Gasteiger partial charge in [-0.3, -0.25) is 4.79 Å². The number of hydrogen-bond donors (Lipinski definition) is 1. The molecule has 0 unspecified atom stereocenters. The Kier molecular flexibility index (Phi) is 5.27. The fourth-order valence-electron chi connectivity index (χ4n) is 2.72. The molecule has 1 aliphatic carbocycles. The van der Waals surface area contributed by atoms with Crippen molar-refractivity contribution in [2.45, 2.75) is 44.6 Å². The van der Waals surface area contributed by atoms with Crippen LogP contribution in [0.2, 0.25) is 0 Å². The molecule has 1 aliphatic rings. The van der Waals surface area contributed by atoms with E-state index in [-0.39, 0.29) is 5.91 Å². The second-order valence-corrected chi connectivity index (χ2v) is 5.26. The molecule has 1 aromatic carbocycles. The minimum Gasteiger partial charge on any atom is -0.497 e. The van der Waals surface area contributed by atoms with Gasteiger partial charge in [-0.25, -0.2) is 0 Å². The molecule has 1 amide bonds. The molecule has 1 fully saturated rings. The zero-order valence-corrected chi connectivity index (χ0v) is 12.3. The molecular weight excluding hydrogens is 254 g/mol. The first-order valence-electron chi connectivity index (χ1n) is 7.23. The molecule has 20 heavy (non-hydrogen) atoms. The molecule has 0 heterocycles. The number of methoxy groups -OCH3 is 2. The van der Waals surface area contributed by atoms with Gasteiger partial charge in [-0.1, -0.05) is 19.3 Å². The van der Waals surface area contributed by atoms with Gasteiger partial charge < -0.3 is 14.8 Å². The number of hydrogen-bond acceptors (Lipinski definition) is 3. The van der Waals surface area contributed by atoms with Crippen LogP contribution in [0.1, 0.15) is 37.7 Å². The molecule has 1 aromatic rings. The van der Waals surface area contributed by atoms with Crippen LogP contribution in [0, 0.1) is 0 Å². The first kappa shape index (κ1) is 14.7. The van der Waals surface area contributed by atoms with Crippen LogP contribution >= 0.6 is 0 Å². The largest absolute Gasteiger partial charge is 0.497 e. The van der Waals surface area contributed by atoms with Crippen molar-refractivity contribution in [1.29, 1.82) is 0 Å². The molecule has 0 radical (unpaired) electrons. The lowest BCUT2D eigenvalue weighted by Crippen LogP contribution is -2.37. The van der Waals surface area contributed by atoms with Crippen LogP contribution in [0.4, 0.5) is 0 Å². The minimum atomic E-state index is 0.0588. The highest BCUT2D eigenvalue weighted by molar-refractivity contribution is 5.79. The number of rotatable bonds is 5. The third kappa shape index (κ3) is 3.89. The summed E-state index contributed by atoms with van der Waals surface area (Å²) in [5.74, 6) is 1.53. The molecule has 0 aromatic heterocycles. The fourth-order valence-corrected chi connectivity index (χ4v) is 2.72. The SMILES string of the molecule is COc1ccc(OC)c(CC(=O)NC2CCCCC2)c1. The Morgan fingerprint density at radius 3 is 2.60 bits per heavy atom. The van der Waals surface area contributed by atoms with Crippen LogP contribution in [0.3, 0.4) is 0 Å². The fraction of sp³-hybridized carbons (Fsp3) is 0.562. The Morgan fingerprint density at radius 1 is 1.20 bits per heavy atom. The average molecular weight is 277 g/mol. The van der Waals surface area contributed by atoms with Gasteiger partial charge in [-0.05, 0) is 31.0 Å². The maximum absolute atomic E-state index is 12.1. The van der Waals surface area contributed by atoms with Crippen LogP contribution in [-0.4, -0.2) is 26.2 Å². The number of nitrogens with one attached hydrogen (secondary N) is 1. The number of carbonyl (C=O) groups is 1. The summed E-state index contributed by atoms with van der Waals surface area (Å²) in [5, 5.41) is 3.12. The normalized spacial score (nSPS) is 15.7. The molecule has 0 bridgehead atoms. The van der Waals surface area contributed by atoms with Crippen molar-refractivity contribution in [3.63, 3.8) is 0 Å². The zero-order chi connectivity index (χ0) is 14.4. The van der Waals surface area contributed by atoms with Crippen molar-refractivity contribution < 1.29 is 14.3 Å². The Labute approximate surface area is 120 Å². The summed E-state index contributed by atoms with van der Waals surface area (Å²) in [4.78, 5) is 12.1. The quantitative estimate of drug-likeness (QED) is 0.900. The van der Waals surface area contributed by atoms with Gasteiger partial charge >= 0.3 is 0 Å². The highest BCUT2D eigenvalue weighted by atomic mass is 16.5. The summed E-state index contributed by atoms with van der Waals surface area (Å²) in [6, 6.07) is 5.87. The first-order valence-corrected chi connectivity index (χ1v) is 7.23. The van der Waals surface area contributed by atoms with Crippen molar-refractivity contribution >= 4 is 5.91 Å². The zero-order valence-electron chi connectivity index (χ0n) is 12.3. The van der Waals surface area contributed by atoms with Crippen molar-refractivity contribution in [1.82, 2.24) is 5.32 Å². The predicted octanol–water partition coefficient (Wildman–Crippen LogP) is 2.70. The summed E-state index contributed by atoms with van der Waals surface area (Å²) in [6.07, 6.45) is 6.25. The van der Waals surface area contributed by atoms with Crippen molar-refractivity contribution in [3.8, 4) is 11.5 Å². The van der Waals surface area contributed by atoms with Crippen molar-refractivity contribution in [2.75, 3.05) is 14.2 Å². The molecule has 0 saturated heterocycles. The third-order valence-electron chi connectivity index (χ3n) is 3.81. The van der Waals surface area contributed by atoms with E-state index in [2.05, 4.69) is 5.32 Å². The van der Waals surface area contributed by atoms with Crippen LogP contribution in [0.25, 0.3) is 0 Å². The van der Waals surface area contributed by atoms with Gasteiger partial charge in [0.25, 0.3) is 0 Å². The van der Waals surface area contributed by atoms with Gasteiger partial charge in [-0.2, -0.15) is 0 Å². The van der Waals surface area contributed by atoms with Gasteiger partial charge in [0.1, 0.15) is 11.5 Å². The smallest absolute Gasteiger partial charge is 0.224 e. The average Bonchev–Trinajstić information content (AvgIpc) is 2.48. The minimum absolute atomic E-state index is 0.0588. The maximum atomic E-state index is 12.1. The number of ether oxygens (including phenoxy) is 2. The lowest BCUT2D eigenvalue weighted by molar-refractivity contribution is -0.121.